The standard InChI is InChI=1S/C17H16ClN3O4S/c1-11-9-14(24-2)7-8-15(11)26(22,23)19-10-16-20-21-17(25-16)12-3-5-13(18)6-4-12/h3-9,19H,10H2,1-2H3. The Labute approximate surface area is 156 Å². The first-order chi connectivity index (χ1) is 12.4. The molecule has 0 aliphatic heterocycles. The molecule has 0 fully saturated rings. The third kappa shape index (κ3) is 4.04. The SMILES string of the molecule is COc1ccc(S(=O)(=O)NCc2nnc(-c3ccc(Cl)cc3)o2)c(C)c1. The summed E-state index contributed by atoms with van der Waals surface area (Å²) in [6.07, 6.45) is 0. The van der Waals surface area contributed by atoms with Crippen molar-refractivity contribution in [3.63, 3.8) is 0 Å². The van der Waals surface area contributed by atoms with Gasteiger partial charge in [-0.2, -0.15) is 0 Å². The molecule has 7 nitrogen and oxygen atoms in total. The number of nitrogens with one attached hydrogen (secondary N) is 1. The van der Waals surface area contributed by atoms with Crippen LogP contribution in [0.3, 0.4) is 0 Å². The first-order valence-electron chi connectivity index (χ1n) is 7.61. The summed E-state index contributed by atoms with van der Waals surface area (Å²) in [5, 5.41) is 8.38. The summed E-state index contributed by atoms with van der Waals surface area (Å²) in [7, 11) is -2.20. The van der Waals surface area contributed by atoms with E-state index in [9.17, 15) is 8.42 Å². The van der Waals surface area contributed by atoms with Crippen LogP contribution < -0.4 is 9.46 Å². The number of nitrogens with zero attached hydrogens (tertiary/aromatic N) is 2. The zero-order chi connectivity index (χ0) is 18.7. The maximum absolute atomic E-state index is 12.5. The van der Waals surface area contributed by atoms with Crippen LogP contribution in [0, 0.1) is 6.92 Å². The third-order valence-electron chi connectivity index (χ3n) is 3.64. The van der Waals surface area contributed by atoms with Crippen molar-refractivity contribution >= 4 is 21.6 Å². The summed E-state index contributed by atoms with van der Waals surface area (Å²) in [4.78, 5) is 0.163. The van der Waals surface area contributed by atoms with Crippen LogP contribution in [0.5, 0.6) is 5.75 Å². The van der Waals surface area contributed by atoms with Crippen LogP contribution in [-0.4, -0.2) is 25.7 Å². The van der Waals surface area contributed by atoms with Crippen molar-refractivity contribution < 1.29 is 17.6 Å². The van der Waals surface area contributed by atoms with Gasteiger partial charge in [0.2, 0.25) is 21.8 Å². The molecule has 2 aromatic carbocycles. The molecule has 9 heteroatoms. The number of hydrogen-bond donors (Lipinski definition) is 1. The molecule has 1 N–H and O–H groups in total. The fourth-order valence-corrected chi connectivity index (χ4v) is 3.64. The number of rotatable bonds is 6. The molecule has 0 amide bonds. The zero-order valence-corrected chi connectivity index (χ0v) is 15.6. The lowest BCUT2D eigenvalue weighted by atomic mass is 10.2. The van der Waals surface area contributed by atoms with Crippen LogP contribution in [0.1, 0.15) is 11.5 Å². The maximum atomic E-state index is 12.5. The Balaban J connectivity index is 1.73. The van der Waals surface area contributed by atoms with Crippen LogP contribution in [0.4, 0.5) is 0 Å². The van der Waals surface area contributed by atoms with E-state index in [0.717, 1.165) is 0 Å². The van der Waals surface area contributed by atoms with Gasteiger partial charge in [-0.15, -0.1) is 10.2 Å². The van der Waals surface area contributed by atoms with Crippen LogP contribution in [0.2, 0.25) is 5.02 Å². The van der Waals surface area contributed by atoms with E-state index >= 15 is 0 Å². The predicted octanol–water partition coefficient (Wildman–Crippen LogP) is 3.19. The van der Waals surface area contributed by atoms with Crippen molar-refractivity contribution in [2.75, 3.05) is 7.11 Å². The number of sulfonamides is 1. The monoisotopic (exact) mass is 393 g/mol. The van der Waals surface area contributed by atoms with Gasteiger partial charge >= 0.3 is 0 Å². The molecule has 1 aromatic heterocycles. The van der Waals surface area contributed by atoms with E-state index in [1.807, 2.05) is 0 Å². The Morgan fingerprint density at radius 3 is 2.54 bits per heavy atom. The van der Waals surface area contributed by atoms with Crippen LogP contribution in [-0.2, 0) is 16.6 Å². The number of methoxy groups -OCH3 is 1. The van der Waals surface area contributed by atoms with Crippen molar-refractivity contribution in [3.8, 4) is 17.2 Å². The number of aromatic nitrogens is 2. The Morgan fingerprint density at radius 2 is 1.88 bits per heavy atom. The normalized spacial score (nSPS) is 11.5. The molecule has 0 aliphatic carbocycles. The van der Waals surface area contributed by atoms with Gasteiger partial charge < -0.3 is 9.15 Å². The van der Waals surface area contributed by atoms with E-state index in [0.29, 0.717) is 21.9 Å². The van der Waals surface area contributed by atoms with Crippen molar-refractivity contribution in [2.45, 2.75) is 18.4 Å². The van der Waals surface area contributed by atoms with Gasteiger partial charge in [0.15, 0.2) is 0 Å². The first-order valence-corrected chi connectivity index (χ1v) is 9.48. The van der Waals surface area contributed by atoms with Gasteiger partial charge in [-0.3, -0.25) is 0 Å². The van der Waals surface area contributed by atoms with Crippen molar-refractivity contribution in [2.24, 2.45) is 0 Å². The maximum Gasteiger partial charge on any atom is 0.247 e. The van der Waals surface area contributed by atoms with Crippen LogP contribution in [0.25, 0.3) is 11.5 Å². The minimum Gasteiger partial charge on any atom is -0.497 e. The zero-order valence-electron chi connectivity index (χ0n) is 14.1. The summed E-state index contributed by atoms with van der Waals surface area (Å²) in [5.74, 6) is 1.03. The molecular weight excluding hydrogens is 378 g/mol. The average Bonchev–Trinajstić information content (AvgIpc) is 3.09. The Hall–Kier alpha value is -2.42. The molecule has 0 saturated heterocycles. The highest BCUT2D eigenvalue weighted by Gasteiger charge is 2.18. The number of benzene rings is 2. The molecule has 0 aliphatic rings. The van der Waals surface area contributed by atoms with Crippen LogP contribution >= 0.6 is 11.6 Å². The lowest BCUT2D eigenvalue weighted by Gasteiger charge is -2.09. The van der Waals surface area contributed by atoms with E-state index in [-0.39, 0.29) is 23.2 Å². The average molecular weight is 394 g/mol. The highest BCUT2D eigenvalue weighted by molar-refractivity contribution is 7.89. The van der Waals surface area contributed by atoms with Gasteiger partial charge in [-0.05, 0) is 55.0 Å². The molecule has 136 valence electrons. The Morgan fingerprint density at radius 1 is 1.15 bits per heavy atom. The number of ether oxygens (including phenoxy) is 1. The highest BCUT2D eigenvalue weighted by Crippen LogP contribution is 2.22. The van der Waals surface area contributed by atoms with Gasteiger partial charge in [0.05, 0.1) is 18.6 Å². The molecule has 0 radical (unpaired) electrons. The van der Waals surface area contributed by atoms with Gasteiger partial charge in [0.1, 0.15) is 5.75 Å². The Bertz CT molecular complexity index is 1020. The number of hydrogen-bond acceptors (Lipinski definition) is 6. The topological polar surface area (TPSA) is 94.3 Å². The van der Waals surface area contributed by atoms with E-state index in [1.54, 1.807) is 43.3 Å². The minimum absolute atomic E-state index is 0.117. The molecular formula is C17H16ClN3O4S. The van der Waals surface area contributed by atoms with E-state index < -0.39 is 10.0 Å². The molecule has 0 unspecified atom stereocenters. The second-order valence-corrected chi connectivity index (χ2v) is 7.64. The second kappa shape index (κ2) is 7.45. The van der Waals surface area contributed by atoms with Crippen molar-refractivity contribution in [1.82, 2.24) is 14.9 Å². The smallest absolute Gasteiger partial charge is 0.247 e. The highest BCUT2D eigenvalue weighted by atomic mass is 35.5. The summed E-state index contributed by atoms with van der Waals surface area (Å²) in [6.45, 7) is 1.58. The molecule has 3 aromatic rings. The fourth-order valence-electron chi connectivity index (χ4n) is 2.32. The van der Waals surface area contributed by atoms with E-state index in [2.05, 4.69) is 14.9 Å². The molecule has 0 bridgehead atoms. The predicted molar refractivity (Wildman–Crippen MR) is 96.5 cm³/mol. The van der Waals surface area contributed by atoms with Crippen molar-refractivity contribution in [1.29, 1.82) is 0 Å². The van der Waals surface area contributed by atoms with Gasteiger partial charge in [0.25, 0.3) is 0 Å². The van der Waals surface area contributed by atoms with E-state index in [1.165, 1.54) is 13.2 Å². The summed E-state index contributed by atoms with van der Waals surface area (Å²) < 4.78 is 38.0. The molecule has 3 rings (SSSR count). The summed E-state index contributed by atoms with van der Waals surface area (Å²) in [5.41, 5.74) is 1.27. The number of halogens is 1. The Kier molecular flexibility index (Phi) is 5.26. The molecule has 26 heavy (non-hydrogen) atoms. The minimum atomic E-state index is -3.73. The second-order valence-electron chi connectivity index (χ2n) is 5.46. The lowest BCUT2D eigenvalue weighted by Crippen LogP contribution is -2.24. The van der Waals surface area contributed by atoms with Crippen molar-refractivity contribution in [3.05, 3.63) is 58.9 Å². The lowest BCUT2D eigenvalue weighted by molar-refractivity contribution is 0.414. The fraction of sp³-hybridized carbons (Fsp3) is 0.176. The summed E-state index contributed by atoms with van der Waals surface area (Å²) in [6, 6.07) is 11.6. The van der Waals surface area contributed by atoms with Gasteiger partial charge in [0, 0.05) is 10.6 Å². The molecule has 0 spiro atoms. The van der Waals surface area contributed by atoms with Gasteiger partial charge in [-0.25, -0.2) is 13.1 Å². The quantitative estimate of drug-likeness (QED) is 0.691. The molecule has 1 heterocycles. The molecule has 0 atom stereocenters. The summed E-state index contributed by atoms with van der Waals surface area (Å²) >= 11 is 5.84. The third-order valence-corrected chi connectivity index (χ3v) is 5.46. The first kappa shape index (κ1) is 18.4. The largest absolute Gasteiger partial charge is 0.497 e. The number of aryl methyl sites for hydroxylation is 1. The van der Waals surface area contributed by atoms with Gasteiger partial charge in [-0.1, -0.05) is 11.6 Å². The molecule has 0 saturated carbocycles. The van der Waals surface area contributed by atoms with Crippen LogP contribution in [0.15, 0.2) is 51.8 Å². The van der Waals surface area contributed by atoms with E-state index in [4.69, 9.17) is 20.8 Å².